The Morgan fingerprint density at radius 1 is 1.33 bits per heavy atom. The maximum Gasteiger partial charge on any atom is 0.211 e. The summed E-state index contributed by atoms with van der Waals surface area (Å²) >= 11 is 7.41. The Hall–Kier alpha value is -1.22. The molecule has 1 saturated heterocycles. The normalized spacial score (nSPS) is 18.8. The monoisotopic (exact) mass is 386 g/mol. The first-order chi connectivity index (χ1) is 11.4. The van der Waals surface area contributed by atoms with E-state index in [2.05, 4.69) is 15.5 Å². The lowest BCUT2D eigenvalue weighted by Crippen LogP contribution is -2.28. The van der Waals surface area contributed by atoms with Crippen LogP contribution in [0.1, 0.15) is 17.0 Å². The Kier molecular flexibility index (Phi) is 5.39. The smallest absolute Gasteiger partial charge is 0.211 e. The number of nitrogens with zero attached hydrogens (tertiary/aromatic N) is 3. The molecule has 1 aliphatic rings. The first kappa shape index (κ1) is 17.6. The second kappa shape index (κ2) is 7.35. The average molecular weight is 387 g/mol. The van der Waals surface area contributed by atoms with Crippen molar-refractivity contribution in [2.24, 2.45) is 5.92 Å². The van der Waals surface area contributed by atoms with E-state index in [0.29, 0.717) is 25.6 Å². The highest BCUT2D eigenvalue weighted by Gasteiger charge is 2.28. The van der Waals surface area contributed by atoms with Gasteiger partial charge in [0, 0.05) is 31.1 Å². The number of aromatic nitrogens is 2. The molecule has 1 aromatic heterocycles. The van der Waals surface area contributed by atoms with Crippen molar-refractivity contribution >= 4 is 38.1 Å². The Labute approximate surface area is 150 Å². The lowest BCUT2D eigenvalue weighted by atomic mass is 10.1. The Morgan fingerprint density at radius 3 is 2.75 bits per heavy atom. The molecule has 0 amide bonds. The van der Waals surface area contributed by atoms with E-state index in [1.807, 2.05) is 24.3 Å². The summed E-state index contributed by atoms with van der Waals surface area (Å²) < 4.78 is 24.6. The van der Waals surface area contributed by atoms with Gasteiger partial charge in [-0.2, -0.15) is 0 Å². The molecule has 1 unspecified atom stereocenters. The van der Waals surface area contributed by atoms with Crippen LogP contribution in [-0.4, -0.2) is 48.8 Å². The molecule has 2 aromatic rings. The van der Waals surface area contributed by atoms with Crippen LogP contribution in [0.5, 0.6) is 0 Å². The van der Waals surface area contributed by atoms with Gasteiger partial charge in [-0.05, 0) is 30.0 Å². The van der Waals surface area contributed by atoms with Gasteiger partial charge < -0.3 is 5.32 Å². The van der Waals surface area contributed by atoms with Gasteiger partial charge >= 0.3 is 0 Å². The van der Waals surface area contributed by atoms with E-state index < -0.39 is 10.0 Å². The first-order valence-electron chi connectivity index (χ1n) is 7.66. The number of benzene rings is 1. The van der Waals surface area contributed by atoms with Gasteiger partial charge in [0.15, 0.2) is 0 Å². The SMILES string of the molecule is CS(=O)(=O)N1CCC(CNc2nnc(Cc3ccc(Cl)cc3)s2)C1. The largest absolute Gasteiger partial charge is 0.360 e. The fourth-order valence-electron chi connectivity index (χ4n) is 2.67. The number of hydrogen-bond acceptors (Lipinski definition) is 6. The van der Waals surface area contributed by atoms with Crippen LogP contribution in [0.4, 0.5) is 5.13 Å². The van der Waals surface area contributed by atoms with Crippen molar-refractivity contribution in [3.8, 4) is 0 Å². The van der Waals surface area contributed by atoms with Crippen molar-refractivity contribution in [3.05, 3.63) is 39.9 Å². The standard InChI is InChI=1S/C15H19ClN4O2S2/c1-24(21,22)20-7-6-12(10-20)9-17-15-19-18-14(23-15)8-11-2-4-13(16)5-3-11/h2-5,12H,6-10H2,1H3,(H,17,19). The molecule has 6 nitrogen and oxygen atoms in total. The minimum absolute atomic E-state index is 0.309. The predicted molar refractivity (Wildman–Crippen MR) is 97.2 cm³/mol. The van der Waals surface area contributed by atoms with Gasteiger partial charge in [-0.15, -0.1) is 10.2 Å². The van der Waals surface area contributed by atoms with Crippen molar-refractivity contribution in [2.45, 2.75) is 12.8 Å². The van der Waals surface area contributed by atoms with Gasteiger partial charge in [-0.3, -0.25) is 0 Å². The molecule has 1 aromatic carbocycles. The number of anilines is 1. The van der Waals surface area contributed by atoms with E-state index in [4.69, 9.17) is 11.6 Å². The third kappa shape index (κ3) is 4.66. The highest BCUT2D eigenvalue weighted by atomic mass is 35.5. The van der Waals surface area contributed by atoms with Crippen molar-refractivity contribution < 1.29 is 8.42 Å². The molecule has 0 spiro atoms. The van der Waals surface area contributed by atoms with Gasteiger partial charge in [-0.1, -0.05) is 35.1 Å². The minimum Gasteiger partial charge on any atom is -0.360 e. The molecule has 1 atom stereocenters. The van der Waals surface area contributed by atoms with Crippen LogP contribution in [0.3, 0.4) is 0 Å². The van der Waals surface area contributed by atoms with E-state index in [1.54, 1.807) is 0 Å². The van der Waals surface area contributed by atoms with E-state index in [0.717, 1.165) is 33.6 Å². The summed E-state index contributed by atoms with van der Waals surface area (Å²) in [6.07, 6.45) is 2.86. The molecular weight excluding hydrogens is 368 g/mol. The van der Waals surface area contributed by atoms with Crippen LogP contribution in [0.25, 0.3) is 0 Å². The summed E-state index contributed by atoms with van der Waals surface area (Å²) in [5.41, 5.74) is 1.14. The number of nitrogens with one attached hydrogen (secondary N) is 1. The van der Waals surface area contributed by atoms with Gasteiger partial charge in [0.05, 0.1) is 6.26 Å². The summed E-state index contributed by atoms with van der Waals surface area (Å²) in [7, 11) is -3.08. The Balaban J connectivity index is 1.51. The van der Waals surface area contributed by atoms with Gasteiger partial charge in [0.1, 0.15) is 5.01 Å². The summed E-state index contributed by atoms with van der Waals surface area (Å²) in [6.45, 7) is 1.88. The molecule has 9 heteroatoms. The second-order valence-corrected chi connectivity index (χ2v) is 9.44. The first-order valence-corrected chi connectivity index (χ1v) is 10.7. The topological polar surface area (TPSA) is 75.2 Å². The van der Waals surface area contributed by atoms with Crippen molar-refractivity contribution in [1.29, 1.82) is 0 Å². The van der Waals surface area contributed by atoms with E-state index >= 15 is 0 Å². The third-order valence-electron chi connectivity index (χ3n) is 4.00. The van der Waals surface area contributed by atoms with Crippen LogP contribution < -0.4 is 5.32 Å². The maximum absolute atomic E-state index is 11.5. The zero-order valence-electron chi connectivity index (χ0n) is 13.3. The molecule has 0 bridgehead atoms. The van der Waals surface area contributed by atoms with Crippen molar-refractivity contribution in [2.75, 3.05) is 31.2 Å². The van der Waals surface area contributed by atoms with Crippen LogP contribution in [0, 0.1) is 5.92 Å². The summed E-state index contributed by atoms with van der Waals surface area (Å²) in [4.78, 5) is 0. The second-order valence-electron chi connectivity index (χ2n) is 5.96. The fraction of sp³-hybridized carbons (Fsp3) is 0.467. The minimum atomic E-state index is -3.08. The maximum atomic E-state index is 11.5. The lowest BCUT2D eigenvalue weighted by molar-refractivity contribution is 0.466. The van der Waals surface area contributed by atoms with Gasteiger partial charge in [0.2, 0.25) is 15.2 Å². The summed E-state index contributed by atoms with van der Waals surface area (Å²) in [6, 6.07) is 7.69. The lowest BCUT2D eigenvalue weighted by Gasteiger charge is -2.13. The zero-order valence-corrected chi connectivity index (χ0v) is 15.7. The molecule has 130 valence electrons. The average Bonchev–Trinajstić information content (AvgIpc) is 3.16. The molecule has 0 radical (unpaired) electrons. The Bertz CT molecular complexity index is 792. The molecule has 1 N–H and O–H groups in total. The van der Waals surface area contributed by atoms with Gasteiger partial charge in [0.25, 0.3) is 0 Å². The van der Waals surface area contributed by atoms with Crippen LogP contribution in [0.2, 0.25) is 5.02 Å². The fourth-order valence-corrected chi connectivity index (χ4v) is 4.50. The van der Waals surface area contributed by atoms with E-state index in [9.17, 15) is 8.42 Å². The van der Waals surface area contributed by atoms with E-state index in [1.165, 1.54) is 21.9 Å². The molecule has 24 heavy (non-hydrogen) atoms. The number of halogens is 1. The van der Waals surface area contributed by atoms with Crippen LogP contribution >= 0.6 is 22.9 Å². The molecule has 1 fully saturated rings. The van der Waals surface area contributed by atoms with Gasteiger partial charge in [-0.25, -0.2) is 12.7 Å². The third-order valence-corrected chi connectivity index (χ3v) is 6.40. The van der Waals surface area contributed by atoms with Crippen LogP contribution in [-0.2, 0) is 16.4 Å². The summed E-state index contributed by atoms with van der Waals surface area (Å²) in [5.74, 6) is 0.309. The van der Waals surface area contributed by atoms with Crippen molar-refractivity contribution in [1.82, 2.24) is 14.5 Å². The predicted octanol–water partition coefficient (Wildman–Crippen LogP) is 2.48. The quantitative estimate of drug-likeness (QED) is 0.825. The van der Waals surface area contributed by atoms with Crippen molar-refractivity contribution in [3.63, 3.8) is 0 Å². The number of hydrogen-bond donors (Lipinski definition) is 1. The molecule has 3 rings (SSSR count). The summed E-state index contributed by atoms with van der Waals surface area (Å²) in [5, 5.41) is 14.1. The molecule has 1 aliphatic heterocycles. The molecule has 2 heterocycles. The molecule has 0 aliphatic carbocycles. The molecule has 0 saturated carbocycles. The highest BCUT2D eigenvalue weighted by molar-refractivity contribution is 7.88. The molecular formula is C15H19ClN4O2S2. The number of sulfonamides is 1. The zero-order chi connectivity index (χ0) is 17.2. The Morgan fingerprint density at radius 2 is 2.08 bits per heavy atom. The highest BCUT2D eigenvalue weighted by Crippen LogP contribution is 2.22. The van der Waals surface area contributed by atoms with Crippen LogP contribution in [0.15, 0.2) is 24.3 Å². The number of rotatable bonds is 6. The van der Waals surface area contributed by atoms with E-state index in [-0.39, 0.29) is 0 Å².